The number of hydrogen-bond donors (Lipinski definition) is 3. The molecule has 0 aliphatic carbocycles. The molecule has 6 heteroatoms. The molecule has 0 heterocycles. The van der Waals surface area contributed by atoms with Gasteiger partial charge in [-0.2, -0.15) is 5.10 Å². The van der Waals surface area contributed by atoms with Crippen LogP contribution in [0.4, 0.5) is 0 Å². The molecule has 0 unspecified atom stereocenters. The molecule has 0 saturated carbocycles. The lowest BCUT2D eigenvalue weighted by Gasteiger charge is -2.21. The summed E-state index contributed by atoms with van der Waals surface area (Å²) in [6.45, 7) is 6.00. The van der Waals surface area contributed by atoms with Crippen LogP contribution >= 0.6 is 12.2 Å². The van der Waals surface area contributed by atoms with Crippen molar-refractivity contribution in [1.29, 1.82) is 0 Å². The van der Waals surface area contributed by atoms with Crippen molar-refractivity contribution in [3.63, 3.8) is 0 Å². The highest BCUT2D eigenvalue weighted by Gasteiger charge is 2.10. The van der Waals surface area contributed by atoms with E-state index in [1.54, 1.807) is 18.2 Å². The summed E-state index contributed by atoms with van der Waals surface area (Å²) in [6.07, 6.45) is 1.48. The minimum absolute atomic E-state index is 0.0465. The fourth-order valence-corrected chi connectivity index (χ4v) is 1.70. The van der Waals surface area contributed by atoms with Gasteiger partial charge in [-0.25, -0.2) is 0 Å². The Hall–Kier alpha value is -1.82. The first kappa shape index (κ1) is 15.2. The molecular formula is C13H19N3O2S. The zero-order chi connectivity index (χ0) is 14.5. The van der Waals surface area contributed by atoms with Gasteiger partial charge < -0.3 is 15.2 Å². The van der Waals surface area contributed by atoms with Crippen LogP contribution in [0.15, 0.2) is 23.3 Å². The van der Waals surface area contributed by atoms with Crippen molar-refractivity contribution in [3.8, 4) is 11.5 Å². The SMILES string of the molecule is COc1cccc(/C=N/NC(=S)NC(C)(C)C)c1O. The Bertz CT molecular complexity index is 481. The van der Waals surface area contributed by atoms with E-state index < -0.39 is 0 Å². The van der Waals surface area contributed by atoms with Crippen molar-refractivity contribution in [2.75, 3.05) is 7.11 Å². The van der Waals surface area contributed by atoms with E-state index in [1.165, 1.54) is 13.3 Å². The highest BCUT2D eigenvalue weighted by Crippen LogP contribution is 2.27. The molecule has 0 amide bonds. The summed E-state index contributed by atoms with van der Waals surface area (Å²) in [5.41, 5.74) is 3.11. The van der Waals surface area contributed by atoms with Gasteiger partial charge in [-0.1, -0.05) is 6.07 Å². The highest BCUT2D eigenvalue weighted by molar-refractivity contribution is 7.80. The zero-order valence-corrected chi connectivity index (χ0v) is 12.3. The second-order valence-corrected chi connectivity index (χ2v) is 5.38. The van der Waals surface area contributed by atoms with E-state index in [0.717, 1.165) is 0 Å². The van der Waals surface area contributed by atoms with Gasteiger partial charge in [0.15, 0.2) is 16.6 Å². The summed E-state index contributed by atoms with van der Waals surface area (Å²) in [4.78, 5) is 0. The van der Waals surface area contributed by atoms with E-state index in [0.29, 0.717) is 16.4 Å². The van der Waals surface area contributed by atoms with Gasteiger partial charge in [0.05, 0.1) is 13.3 Å². The van der Waals surface area contributed by atoms with Gasteiger partial charge in [0.2, 0.25) is 0 Å². The average Bonchev–Trinajstić information content (AvgIpc) is 2.29. The first-order valence-corrected chi connectivity index (χ1v) is 6.21. The van der Waals surface area contributed by atoms with Crippen LogP contribution in [-0.4, -0.2) is 29.1 Å². The van der Waals surface area contributed by atoms with Crippen LogP contribution in [0.3, 0.4) is 0 Å². The van der Waals surface area contributed by atoms with Crippen LogP contribution in [0.1, 0.15) is 26.3 Å². The molecule has 19 heavy (non-hydrogen) atoms. The number of hydrogen-bond acceptors (Lipinski definition) is 4. The molecule has 0 radical (unpaired) electrons. The predicted molar refractivity (Wildman–Crippen MR) is 80.9 cm³/mol. The number of benzene rings is 1. The number of aromatic hydroxyl groups is 1. The second-order valence-electron chi connectivity index (χ2n) is 4.97. The van der Waals surface area contributed by atoms with Crippen molar-refractivity contribution in [1.82, 2.24) is 10.7 Å². The maximum atomic E-state index is 9.85. The number of methoxy groups -OCH3 is 1. The number of rotatable bonds is 3. The van der Waals surface area contributed by atoms with Crippen LogP contribution in [0.25, 0.3) is 0 Å². The largest absolute Gasteiger partial charge is 0.504 e. The molecular weight excluding hydrogens is 262 g/mol. The molecule has 0 aliphatic heterocycles. The van der Waals surface area contributed by atoms with Crippen molar-refractivity contribution >= 4 is 23.5 Å². The standard InChI is InChI=1S/C13H19N3O2S/c1-13(2,3)15-12(19)16-14-8-9-6-5-7-10(18-4)11(9)17/h5-8,17H,1-4H3,(H2,15,16,19)/b14-8+. The normalized spacial score (nSPS) is 11.4. The molecule has 0 saturated heterocycles. The van der Waals surface area contributed by atoms with Crippen LogP contribution < -0.4 is 15.5 Å². The minimum atomic E-state index is -0.127. The lowest BCUT2D eigenvalue weighted by atomic mass is 10.1. The molecule has 0 spiro atoms. The quantitative estimate of drug-likeness (QED) is 0.449. The number of nitrogens with one attached hydrogen (secondary N) is 2. The maximum Gasteiger partial charge on any atom is 0.187 e. The monoisotopic (exact) mass is 281 g/mol. The molecule has 104 valence electrons. The number of para-hydroxylation sites is 1. The Morgan fingerprint density at radius 1 is 1.42 bits per heavy atom. The van der Waals surface area contributed by atoms with Gasteiger partial charge in [0.25, 0.3) is 0 Å². The molecule has 0 atom stereocenters. The highest BCUT2D eigenvalue weighted by atomic mass is 32.1. The number of phenols is 1. The third-order valence-electron chi connectivity index (χ3n) is 2.11. The average molecular weight is 281 g/mol. The number of nitrogens with zero attached hydrogens (tertiary/aromatic N) is 1. The molecule has 5 nitrogen and oxygen atoms in total. The van der Waals surface area contributed by atoms with E-state index in [1.807, 2.05) is 20.8 Å². The van der Waals surface area contributed by atoms with Gasteiger partial charge in [-0.3, -0.25) is 5.43 Å². The van der Waals surface area contributed by atoms with Crippen LogP contribution in [0, 0.1) is 0 Å². The number of hydrazone groups is 1. The molecule has 0 aliphatic rings. The number of thiocarbonyl (C=S) groups is 1. The molecule has 1 aromatic carbocycles. The van der Waals surface area contributed by atoms with E-state index >= 15 is 0 Å². The van der Waals surface area contributed by atoms with Gasteiger partial charge in [-0.15, -0.1) is 0 Å². The lowest BCUT2D eigenvalue weighted by molar-refractivity contribution is 0.373. The van der Waals surface area contributed by atoms with Crippen LogP contribution in [-0.2, 0) is 0 Å². The van der Waals surface area contributed by atoms with E-state index in [-0.39, 0.29) is 11.3 Å². The Kier molecular flexibility index (Phi) is 5.11. The third-order valence-corrected chi connectivity index (χ3v) is 2.30. The fourth-order valence-electron chi connectivity index (χ4n) is 1.34. The lowest BCUT2D eigenvalue weighted by Crippen LogP contribution is -2.44. The van der Waals surface area contributed by atoms with Crippen molar-refractivity contribution < 1.29 is 9.84 Å². The Morgan fingerprint density at radius 3 is 2.68 bits per heavy atom. The van der Waals surface area contributed by atoms with E-state index in [2.05, 4.69) is 15.8 Å². The summed E-state index contributed by atoms with van der Waals surface area (Å²) in [5, 5.41) is 17.3. The van der Waals surface area contributed by atoms with Gasteiger partial charge in [0.1, 0.15) is 0 Å². The summed E-state index contributed by atoms with van der Waals surface area (Å²) < 4.78 is 5.01. The first-order valence-electron chi connectivity index (χ1n) is 5.80. The summed E-state index contributed by atoms with van der Waals surface area (Å²) in [6, 6.07) is 5.17. The van der Waals surface area contributed by atoms with Crippen molar-refractivity contribution in [2.45, 2.75) is 26.3 Å². The summed E-state index contributed by atoms with van der Waals surface area (Å²) in [5.74, 6) is 0.449. The second kappa shape index (κ2) is 6.38. The van der Waals surface area contributed by atoms with Crippen molar-refractivity contribution in [2.24, 2.45) is 5.10 Å². The maximum absolute atomic E-state index is 9.85. The number of phenolic OH excluding ortho intramolecular Hbond substituents is 1. The summed E-state index contributed by atoms with van der Waals surface area (Å²) in [7, 11) is 1.50. The zero-order valence-electron chi connectivity index (χ0n) is 11.5. The topological polar surface area (TPSA) is 65.9 Å². The van der Waals surface area contributed by atoms with Gasteiger partial charge in [-0.05, 0) is 45.1 Å². The fraction of sp³-hybridized carbons (Fsp3) is 0.385. The van der Waals surface area contributed by atoms with Crippen molar-refractivity contribution in [3.05, 3.63) is 23.8 Å². The predicted octanol–water partition coefficient (Wildman–Crippen LogP) is 2.00. The molecule has 0 aromatic heterocycles. The van der Waals surface area contributed by atoms with Crippen LogP contribution in [0.5, 0.6) is 11.5 Å². The first-order chi connectivity index (χ1) is 8.83. The van der Waals surface area contributed by atoms with Gasteiger partial charge >= 0.3 is 0 Å². The summed E-state index contributed by atoms with van der Waals surface area (Å²) >= 11 is 5.08. The Labute approximate surface area is 118 Å². The minimum Gasteiger partial charge on any atom is -0.504 e. The Morgan fingerprint density at radius 2 is 2.11 bits per heavy atom. The molecule has 3 N–H and O–H groups in total. The van der Waals surface area contributed by atoms with E-state index in [4.69, 9.17) is 17.0 Å². The van der Waals surface area contributed by atoms with Crippen LogP contribution in [0.2, 0.25) is 0 Å². The Balaban J connectivity index is 2.65. The third kappa shape index (κ3) is 5.13. The molecule has 1 aromatic rings. The van der Waals surface area contributed by atoms with Gasteiger partial charge in [0, 0.05) is 11.1 Å². The molecule has 1 rings (SSSR count). The smallest absolute Gasteiger partial charge is 0.187 e. The number of ether oxygens (including phenoxy) is 1. The molecule has 0 bridgehead atoms. The molecule has 0 fully saturated rings. The van der Waals surface area contributed by atoms with E-state index in [9.17, 15) is 5.11 Å².